The smallest absolute Gasteiger partial charge is 0.226 e. The molecule has 0 radical (unpaired) electrons. The highest BCUT2D eigenvalue weighted by Crippen LogP contribution is 2.48. The number of aromatic nitrogens is 2. The molecule has 0 aromatic carbocycles. The van der Waals surface area contributed by atoms with Gasteiger partial charge >= 0.3 is 0 Å². The van der Waals surface area contributed by atoms with E-state index in [2.05, 4.69) is 59.5 Å². The van der Waals surface area contributed by atoms with Crippen molar-refractivity contribution in [3.05, 3.63) is 42.4 Å². The normalized spacial score (nSPS) is 28.0. The maximum Gasteiger partial charge on any atom is 0.226 e. The Hall–Kier alpha value is -2.30. The van der Waals surface area contributed by atoms with E-state index in [0.717, 1.165) is 44.7 Å². The molecule has 1 saturated heterocycles. The summed E-state index contributed by atoms with van der Waals surface area (Å²) < 4.78 is 2.24. The van der Waals surface area contributed by atoms with Crippen LogP contribution in [0, 0.1) is 17.8 Å². The second kappa shape index (κ2) is 6.36. The summed E-state index contributed by atoms with van der Waals surface area (Å²) in [5, 5.41) is 0. The van der Waals surface area contributed by atoms with Gasteiger partial charge in [0.25, 0.3) is 0 Å². The quantitative estimate of drug-likeness (QED) is 0.812. The van der Waals surface area contributed by atoms with Gasteiger partial charge in [-0.15, -0.1) is 0 Å². The molecule has 4 heterocycles. The van der Waals surface area contributed by atoms with Gasteiger partial charge < -0.3 is 14.4 Å². The highest BCUT2D eigenvalue weighted by molar-refractivity contribution is 5.82. The average Bonchev–Trinajstić information content (AvgIpc) is 3.09. The first-order valence-electron chi connectivity index (χ1n) is 10.7. The van der Waals surface area contributed by atoms with E-state index in [1.165, 1.54) is 11.4 Å². The Kier molecular flexibility index (Phi) is 4.04. The number of pyridine rings is 1. The molecule has 28 heavy (non-hydrogen) atoms. The predicted octanol–water partition coefficient (Wildman–Crippen LogP) is 3.82. The molecule has 2 aromatic rings. The van der Waals surface area contributed by atoms with Crippen molar-refractivity contribution < 1.29 is 4.79 Å². The first kappa shape index (κ1) is 17.8. The van der Waals surface area contributed by atoms with Crippen molar-refractivity contribution in [3.8, 4) is 5.82 Å². The second-order valence-electron chi connectivity index (χ2n) is 9.30. The van der Waals surface area contributed by atoms with Gasteiger partial charge in [-0.2, -0.15) is 0 Å². The van der Waals surface area contributed by atoms with Gasteiger partial charge in [-0.1, -0.05) is 20.8 Å². The molecule has 2 aromatic heterocycles. The Balaban J connectivity index is 1.56. The fourth-order valence-corrected chi connectivity index (χ4v) is 5.13. The number of nitrogens with zero attached hydrogens (tertiary/aromatic N) is 4. The van der Waals surface area contributed by atoms with Gasteiger partial charge in [0, 0.05) is 37.9 Å². The Labute approximate surface area is 167 Å². The third-order valence-corrected chi connectivity index (χ3v) is 6.94. The van der Waals surface area contributed by atoms with E-state index in [-0.39, 0.29) is 11.5 Å². The van der Waals surface area contributed by atoms with E-state index >= 15 is 0 Å². The van der Waals surface area contributed by atoms with Gasteiger partial charge in [0.05, 0.1) is 11.4 Å². The van der Waals surface area contributed by atoms with E-state index < -0.39 is 0 Å². The lowest BCUT2D eigenvalue weighted by molar-refractivity contribution is -0.132. The van der Waals surface area contributed by atoms with E-state index in [9.17, 15) is 4.79 Å². The molecule has 5 nitrogen and oxygen atoms in total. The lowest BCUT2D eigenvalue weighted by Gasteiger charge is -2.47. The largest absolute Gasteiger partial charge is 0.355 e. The van der Waals surface area contributed by atoms with E-state index in [0.29, 0.717) is 17.7 Å². The Morgan fingerprint density at radius 1 is 1.32 bits per heavy atom. The molecule has 148 valence electrons. The second-order valence-corrected chi connectivity index (χ2v) is 9.30. The fourth-order valence-electron chi connectivity index (χ4n) is 5.13. The highest BCUT2D eigenvalue weighted by atomic mass is 16.2. The molecule has 3 aliphatic rings. The number of hydrogen-bond acceptors (Lipinski definition) is 3. The van der Waals surface area contributed by atoms with Gasteiger partial charge in [0.15, 0.2) is 5.82 Å². The van der Waals surface area contributed by atoms with Crippen molar-refractivity contribution in [2.45, 2.75) is 45.6 Å². The fraction of sp³-hybridized carbons (Fsp3) is 0.565. The molecule has 0 N–H and O–H groups in total. The maximum atomic E-state index is 13.0. The van der Waals surface area contributed by atoms with Crippen molar-refractivity contribution in [2.75, 3.05) is 24.5 Å². The average molecular weight is 379 g/mol. The van der Waals surface area contributed by atoms with Crippen LogP contribution in [-0.4, -0.2) is 40.0 Å². The zero-order valence-electron chi connectivity index (χ0n) is 17.1. The number of amides is 1. The molecule has 2 aliphatic heterocycles. The van der Waals surface area contributed by atoms with Crippen LogP contribution in [0.2, 0.25) is 0 Å². The van der Waals surface area contributed by atoms with Crippen molar-refractivity contribution >= 4 is 11.6 Å². The minimum atomic E-state index is -0.151. The number of likely N-dealkylation sites (tertiary alicyclic amines) is 1. The zero-order chi connectivity index (χ0) is 19.5. The van der Waals surface area contributed by atoms with Gasteiger partial charge in [-0.3, -0.25) is 4.79 Å². The summed E-state index contributed by atoms with van der Waals surface area (Å²) in [4.78, 5) is 22.4. The van der Waals surface area contributed by atoms with Crippen molar-refractivity contribution in [2.24, 2.45) is 17.8 Å². The molecule has 1 spiro atoms. The summed E-state index contributed by atoms with van der Waals surface area (Å²) in [5.74, 6) is 2.82. The lowest BCUT2D eigenvalue weighted by Crippen LogP contribution is -2.53. The Morgan fingerprint density at radius 3 is 2.89 bits per heavy atom. The van der Waals surface area contributed by atoms with Crippen molar-refractivity contribution in [1.29, 1.82) is 0 Å². The van der Waals surface area contributed by atoms with Crippen LogP contribution in [0.1, 0.15) is 45.7 Å². The highest BCUT2D eigenvalue weighted by Gasteiger charge is 2.52. The number of hydrogen-bond donors (Lipinski definition) is 0. The topological polar surface area (TPSA) is 41.4 Å². The monoisotopic (exact) mass is 378 g/mol. The van der Waals surface area contributed by atoms with Crippen molar-refractivity contribution in [3.63, 3.8) is 0 Å². The number of rotatable bonds is 4. The van der Waals surface area contributed by atoms with Crippen LogP contribution in [0.3, 0.4) is 0 Å². The summed E-state index contributed by atoms with van der Waals surface area (Å²) in [6.07, 6.45) is 7.17. The predicted molar refractivity (Wildman–Crippen MR) is 111 cm³/mol. The third kappa shape index (κ3) is 2.59. The summed E-state index contributed by atoms with van der Waals surface area (Å²) in [5.41, 5.74) is 2.32. The van der Waals surface area contributed by atoms with E-state index in [1.54, 1.807) is 0 Å². The molecule has 1 aliphatic carbocycles. The molecule has 3 atom stereocenters. The van der Waals surface area contributed by atoms with E-state index in [4.69, 9.17) is 4.98 Å². The first-order chi connectivity index (χ1) is 13.5. The molecular weight excluding hydrogens is 348 g/mol. The van der Waals surface area contributed by atoms with Crippen LogP contribution in [0.25, 0.3) is 5.82 Å². The Morgan fingerprint density at radius 2 is 2.14 bits per heavy atom. The molecule has 1 amide bonds. The third-order valence-electron chi connectivity index (χ3n) is 6.94. The van der Waals surface area contributed by atoms with Crippen LogP contribution < -0.4 is 4.90 Å². The van der Waals surface area contributed by atoms with Crippen LogP contribution >= 0.6 is 0 Å². The SMILES string of the molecule is CC(C)CCN1c2cccnc2-n2cccc2[C@]12CCN(C(=O)[C@@H]1C[C@@H]1C)C2. The molecule has 2 fully saturated rings. The molecular formula is C23H30N4O. The summed E-state index contributed by atoms with van der Waals surface area (Å²) in [6, 6.07) is 8.58. The molecule has 0 unspecified atom stereocenters. The number of anilines is 1. The van der Waals surface area contributed by atoms with Gasteiger partial charge in [-0.25, -0.2) is 4.98 Å². The van der Waals surface area contributed by atoms with Gasteiger partial charge in [-0.05, 0) is 55.4 Å². The summed E-state index contributed by atoms with van der Waals surface area (Å²) >= 11 is 0. The van der Waals surface area contributed by atoms with Gasteiger partial charge in [0.1, 0.15) is 5.54 Å². The van der Waals surface area contributed by atoms with Crippen LogP contribution in [0.15, 0.2) is 36.7 Å². The molecule has 1 saturated carbocycles. The standard InChI is InChI=1S/C23H30N4O/c1-16(2)8-12-27-19-6-4-10-24-21(19)26-11-5-7-20(26)23(27)9-13-25(15-23)22(28)18-14-17(18)3/h4-7,10-11,16-18H,8-9,12-15H2,1-3H3/t17-,18+,23+/m0/s1. The zero-order valence-corrected chi connectivity index (χ0v) is 17.1. The summed E-state index contributed by atoms with van der Waals surface area (Å²) in [7, 11) is 0. The van der Waals surface area contributed by atoms with Crippen LogP contribution in [0.5, 0.6) is 0 Å². The van der Waals surface area contributed by atoms with Gasteiger partial charge in [0.2, 0.25) is 5.91 Å². The number of carbonyl (C=O) groups excluding carboxylic acids is 1. The van der Waals surface area contributed by atoms with Crippen molar-refractivity contribution in [1.82, 2.24) is 14.5 Å². The van der Waals surface area contributed by atoms with Crippen LogP contribution in [-0.2, 0) is 10.3 Å². The maximum absolute atomic E-state index is 13.0. The minimum absolute atomic E-state index is 0.151. The van der Waals surface area contributed by atoms with E-state index in [1.807, 2.05) is 12.3 Å². The molecule has 5 heteroatoms. The minimum Gasteiger partial charge on any atom is -0.355 e. The van der Waals surface area contributed by atoms with Crippen LogP contribution in [0.4, 0.5) is 5.69 Å². The first-order valence-corrected chi connectivity index (χ1v) is 10.7. The number of fused-ring (bicyclic) bond motifs is 4. The molecule has 0 bridgehead atoms. The summed E-state index contributed by atoms with van der Waals surface area (Å²) in [6.45, 7) is 9.37. The lowest BCUT2D eigenvalue weighted by atomic mass is 9.88. The number of carbonyl (C=O) groups is 1. The molecule has 5 rings (SSSR count). The Bertz CT molecular complexity index is 904.